The predicted molar refractivity (Wildman–Crippen MR) is 64.1 cm³/mol. The number of piperazine rings is 1. The largest absolute Gasteiger partial charge is 0.314 e. The molecule has 15 heavy (non-hydrogen) atoms. The summed E-state index contributed by atoms with van der Waals surface area (Å²) in [6, 6.07) is 0. The molecule has 0 unspecified atom stereocenters. The Kier molecular flexibility index (Phi) is 4.42. The van der Waals surface area contributed by atoms with Gasteiger partial charge in [0.1, 0.15) is 0 Å². The highest BCUT2D eigenvalue weighted by Gasteiger charge is 2.19. The zero-order chi connectivity index (χ0) is 10.5. The molecule has 0 aromatic heterocycles. The maximum Gasteiger partial charge on any atom is 0.0110 e. The number of rotatable bonds is 5. The molecule has 1 saturated heterocycles. The number of likely N-dealkylation sites (N-methyl/N-ethyl adjacent to an activating group) is 1. The van der Waals surface area contributed by atoms with Gasteiger partial charge in [0.2, 0.25) is 0 Å². The zero-order valence-corrected chi connectivity index (χ0v) is 10.0. The van der Waals surface area contributed by atoms with Gasteiger partial charge in [0.15, 0.2) is 0 Å². The van der Waals surface area contributed by atoms with Crippen LogP contribution in [0.1, 0.15) is 19.3 Å². The highest BCUT2D eigenvalue weighted by Crippen LogP contribution is 2.26. The molecule has 88 valence electrons. The standard InChI is InChI=1S/C12H25N3/c1-14(11-12-3-2-4-12)9-10-15-7-5-13-6-8-15/h12-13H,2-11H2,1H3. The van der Waals surface area contributed by atoms with Gasteiger partial charge in [0.25, 0.3) is 0 Å². The number of hydrogen-bond donors (Lipinski definition) is 1. The normalized spacial score (nSPS) is 24.4. The van der Waals surface area contributed by atoms with E-state index in [1.54, 1.807) is 0 Å². The Morgan fingerprint density at radius 2 is 2.00 bits per heavy atom. The molecule has 0 aromatic rings. The highest BCUT2D eigenvalue weighted by molar-refractivity contribution is 4.74. The van der Waals surface area contributed by atoms with Crippen molar-refractivity contribution in [3.8, 4) is 0 Å². The van der Waals surface area contributed by atoms with Gasteiger partial charge in [0.05, 0.1) is 0 Å². The minimum absolute atomic E-state index is 1.01. The molecular formula is C12H25N3. The molecule has 0 spiro atoms. The van der Waals surface area contributed by atoms with Crippen LogP contribution < -0.4 is 5.32 Å². The fourth-order valence-electron chi connectivity index (χ4n) is 2.45. The summed E-state index contributed by atoms with van der Waals surface area (Å²) < 4.78 is 0. The van der Waals surface area contributed by atoms with Crippen molar-refractivity contribution >= 4 is 0 Å². The van der Waals surface area contributed by atoms with Crippen molar-refractivity contribution in [2.24, 2.45) is 5.92 Å². The van der Waals surface area contributed by atoms with E-state index in [0.29, 0.717) is 0 Å². The number of nitrogens with zero attached hydrogens (tertiary/aromatic N) is 2. The minimum Gasteiger partial charge on any atom is -0.314 e. The van der Waals surface area contributed by atoms with Crippen molar-refractivity contribution in [3.05, 3.63) is 0 Å². The Morgan fingerprint density at radius 3 is 2.60 bits per heavy atom. The summed E-state index contributed by atoms with van der Waals surface area (Å²) in [5, 5.41) is 3.40. The first kappa shape index (κ1) is 11.4. The number of hydrogen-bond acceptors (Lipinski definition) is 3. The summed E-state index contributed by atoms with van der Waals surface area (Å²) in [6.45, 7) is 8.64. The average molecular weight is 211 g/mol. The van der Waals surface area contributed by atoms with E-state index in [0.717, 1.165) is 5.92 Å². The van der Waals surface area contributed by atoms with Crippen molar-refractivity contribution in [3.63, 3.8) is 0 Å². The SMILES string of the molecule is CN(CCN1CCNCC1)CC1CCC1. The molecule has 3 nitrogen and oxygen atoms in total. The van der Waals surface area contributed by atoms with E-state index >= 15 is 0 Å². The lowest BCUT2D eigenvalue weighted by Gasteiger charge is -2.32. The molecule has 3 heteroatoms. The van der Waals surface area contributed by atoms with Crippen LogP contribution in [0.5, 0.6) is 0 Å². The highest BCUT2D eigenvalue weighted by atomic mass is 15.2. The van der Waals surface area contributed by atoms with Crippen LogP contribution in [0.25, 0.3) is 0 Å². The van der Waals surface area contributed by atoms with Gasteiger partial charge in [-0.05, 0) is 25.8 Å². The van der Waals surface area contributed by atoms with Crippen LogP contribution in [0.4, 0.5) is 0 Å². The molecule has 1 saturated carbocycles. The maximum atomic E-state index is 3.40. The third kappa shape index (κ3) is 3.74. The zero-order valence-electron chi connectivity index (χ0n) is 10.0. The van der Waals surface area contributed by atoms with Gasteiger partial charge >= 0.3 is 0 Å². The summed E-state index contributed by atoms with van der Waals surface area (Å²) in [6.07, 6.45) is 4.41. The Bertz CT molecular complexity index is 174. The van der Waals surface area contributed by atoms with E-state index in [2.05, 4.69) is 22.2 Å². The van der Waals surface area contributed by atoms with Gasteiger partial charge in [-0.1, -0.05) is 6.42 Å². The molecule has 2 rings (SSSR count). The first-order valence-electron chi connectivity index (χ1n) is 6.46. The van der Waals surface area contributed by atoms with Crippen LogP contribution in [0.2, 0.25) is 0 Å². The van der Waals surface area contributed by atoms with Gasteiger partial charge in [-0.2, -0.15) is 0 Å². The topological polar surface area (TPSA) is 18.5 Å². The molecular weight excluding hydrogens is 186 g/mol. The third-order valence-electron chi connectivity index (χ3n) is 3.80. The molecule has 2 aliphatic rings. The molecule has 1 N–H and O–H groups in total. The summed E-state index contributed by atoms with van der Waals surface area (Å²) in [7, 11) is 2.28. The quantitative estimate of drug-likeness (QED) is 0.719. The Balaban J connectivity index is 1.55. The smallest absolute Gasteiger partial charge is 0.0110 e. The van der Waals surface area contributed by atoms with Crippen molar-refractivity contribution < 1.29 is 0 Å². The van der Waals surface area contributed by atoms with Gasteiger partial charge in [-0.15, -0.1) is 0 Å². The van der Waals surface area contributed by atoms with E-state index < -0.39 is 0 Å². The van der Waals surface area contributed by atoms with Crippen molar-refractivity contribution in [1.82, 2.24) is 15.1 Å². The molecule has 1 aliphatic heterocycles. The van der Waals surface area contributed by atoms with Gasteiger partial charge in [-0.25, -0.2) is 0 Å². The summed E-state index contributed by atoms with van der Waals surface area (Å²) >= 11 is 0. The van der Waals surface area contributed by atoms with Crippen molar-refractivity contribution in [1.29, 1.82) is 0 Å². The molecule has 0 bridgehead atoms. The second kappa shape index (κ2) is 5.83. The fraction of sp³-hybridized carbons (Fsp3) is 1.00. The molecule has 0 amide bonds. The van der Waals surface area contributed by atoms with E-state index in [9.17, 15) is 0 Å². The summed E-state index contributed by atoms with van der Waals surface area (Å²) in [5.74, 6) is 1.01. The van der Waals surface area contributed by atoms with Crippen LogP contribution in [-0.2, 0) is 0 Å². The Morgan fingerprint density at radius 1 is 1.27 bits per heavy atom. The minimum atomic E-state index is 1.01. The fourth-order valence-corrected chi connectivity index (χ4v) is 2.45. The molecule has 2 fully saturated rings. The lowest BCUT2D eigenvalue weighted by molar-refractivity contribution is 0.169. The third-order valence-corrected chi connectivity index (χ3v) is 3.80. The van der Waals surface area contributed by atoms with Crippen LogP contribution >= 0.6 is 0 Å². The lowest BCUT2D eigenvalue weighted by atomic mass is 9.85. The second-order valence-electron chi connectivity index (χ2n) is 5.15. The summed E-state index contributed by atoms with van der Waals surface area (Å²) in [5.41, 5.74) is 0. The van der Waals surface area contributed by atoms with E-state index in [1.165, 1.54) is 65.1 Å². The van der Waals surface area contributed by atoms with Crippen LogP contribution in [0.15, 0.2) is 0 Å². The van der Waals surface area contributed by atoms with E-state index in [1.807, 2.05) is 0 Å². The van der Waals surface area contributed by atoms with Gasteiger partial charge in [-0.3, -0.25) is 4.90 Å². The molecule has 1 heterocycles. The van der Waals surface area contributed by atoms with Gasteiger partial charge in [0, 0.05) is 45.8 Å². The summed E-state index contributed by atoms with van der Waals surface area (Å²) in [4.78, 5) is 5.10. The maximum absolute atomic E-state index is 3.40. The molecule has 0 atom stereocenters. The van der Waals surface area contributed by atoms with Crippen LogP contribution in [0.3, 0.4) is 0 Å². The first-order chi connectivity index (χ1) is 7.34. The molecule has 0 aromatic carbocycles. The van der Waals surface area contributed by atoms with Crippen LogP contribution in [-0.4, -0.2) is 62.7 Å². The second-order valence-corrected chi connectivity index (χ2v) is 5.15. The van der Waals surface area contributed by atoms with Crippen LogP contribution in [0, 0.1) is 5.92 Å². The lowest BCUT2D eigenvalue weighted by Crippen LogP contribution is -2.46. The average Bonchev–Trinajstić information content (AvgIpc) is 2.22. The van der Waals surface area contributed by atoms with Crippen molar-refractivity contribution in [2.75, 3.05) is 52.9 Å². The van der Waals surface area contributed by atoms with E-state index in [4.69, 9.17) is 0 Å². The van der Waals surface area contributed by atoms with Gasteiger partial charge < -0.3 is 10.2 Å². The Hall–Kier alpha value is -0.120. The first-order valence-corrected chi connectivity index (χ1v) is 6.46. The molecule has 0 radical (unpaired) electrons. The molecule has 1 aliphatic carbocycles. The number of nitrogens with one attached hydrogen (secondary N) is 1. The van der Waals surface area contributed by atoms with E-state index in [-0.39, 0.29) is 0 Å². The monoisotopic (exact) mass is 211 g/mol. The Labute approximate surface area is 93.8 Å². The predicted octanol–water partition coefficient (Wildman–Crippen LogP) is 0.623. The van der Waals surface area contributed by atoms with Crippen molar-refractivity contribution in [2.45, 2.75) is 19.3 Å².